The summed E-state index contributed by atoms with van der Waals surface area (Å²) in [6.45, 7) is 0.615. The topological polar surface area (TPSA) is 128 Å². The maximum Gasteiger partial charge on any atom is 0.241 e. The number of methoxy groups -OCH3 is 1. The van der Waals surface area contributed by atoms with Gasteiger partial charge >= 0.3 is 0 Å². The van der Waals surface area contributed by atoms with Crippen molar-refractivity contribution in [3.63, 3.8) is 0 Å². The zero-order valence-electron chi connectivity index (χ0n) is 17.8. The van der Waals surface area contributed by atoms with Gasteiger partial charge in [-0.05, 0) is 53.6 Å². The summed E-state index contributed by atoms with van der Waals surface area (Å²) in [6, 6.07) is 12.9. The Morgan fingerprint density at radius 3 is 2.79 bits per heavy atom. The Hall–Kier alpha value is -3.63. The fourth-order valence-corrected chi connectivity index (χ4v) is 5.29. The maximum absolute atomic E-state index is 13.0. The van der Waals surface area contributed by atoms with E-state index in [0.29, 0.717) is 41.3 Å². The number of nitrogen functional groups attached to an aromatic ring is 1. The molecular weight excluding hydrogens is 444 g/mol. The van der Waals surface area contributed by atoms with Crippen LogP contribution in [0.4, 0.5) is 5.69 Å². The lowest BCUT2D eigenvalue weighted by Gasteiger charge is -2.16. The van der Waals surface area contributed by atoms with Gasteiger partial charge in [-0.25, -0.2) is 13.4 Å². The van der Waals surface area contributed by atoms with E-state index in [1.54, 1.807) is 48.5 Å². The van der Waals surface area contributed by atoms with Crippen molar-refractivity contribution in [2.24, 2.45) is 0 Å². The van der Waals surface area contributed by atoms with Gasteiger partial charge in [-0.3, -0.25) is 4.79 Å². The number of likely N-dealkylation sites (tertiary alicyclic amines) is 1. The first-order valence-corrected chi connectivity index (χ1v) is 11.8. The van der Waals surface area contributed by atoms with E-state index in [1.165, 1.54) is 6.07 Å². The number of carbonyl (C=O) groups is 1. The van der Waals surface area contributed by atoms with Gasteiger partial charge in [0.1, 0.15) is 17.6 Å². The number of sulfonamides is 1. The molecule has 0 bridgehead atoms. The van der Waals surface area contributed by atoms with Crippen LogP contribution in [0.25, 0.3) is 21.9 Å². The summed E-state index contributed by atoms with van der Waals surface area (Å²) in [5.41, 5.74) is 6.89. The van der Waals surface area contributed by atoms with Gasteiger partial charge in [-0.2, -0.15) is 4.72 Å². The number of ether oxygens (including phenoxy) is 1. The van der Waals surface area contributed by atoms with Crippen LogP contribution in [0.5, 0.6) is 5.75 Å². The fraction of sp³-hybridized carbons (Fsp3) is 0.217. The van der Waals surface area contributed by atoms with Crippen LogP contribution >= 0.6 is 0 Å². The Bertz CT molecular complexity index is 1480. The van der Waals surface area contributed by atoms with Crippen molar-refractivity contribution >= 4 is 43.5 Å². The molecule has 4 aromatic rings. The molecule has 2 aromatic carbocycles. The van der Waals surface area contributed by atoms with Crippen molar-refractivity contribution in [3.05, 3.63) is 60.5 Å². The molecule has 3 heterocycles. The number of furan rings is 1. The minimum Gasteiger partial charge on any atom is -0.497 e. The monoisotopic (exact) mass is 466 g/mol. The zero-order valence-corrected chi connectivity index (χ0v) is 18.6. The number of hydrogen-bond donors (Lipinski definition) is 2. The number of hydrogen-bond acceptors (Lipinski definition) is 7. The second-order valence-electron chi connectivity index (χ2n) is 7.93. The van der Waals surface area contributed by atoms with E-state index in [-0.39, 0.29) is 17.3 Å². The number of nitrogens with one attached hydrogen (secondary N) is 1. The highest BCUT2D eigenvalue weighted by Gasteiger charge is 2.35. The normalized spacial score (nSPS) is 16.7. The van der Waals surface area contributed by atoms with E-state index in [9.17, 15) is 13.2 Å². The summed E-state index contributed by atoms with van der Waals surface area (Å²) in [5, 5.41) is 2.30. The number of benzene rings is 2. The summed E-state index contributed by atoms with van der Waals surface area (Å²) in [6.07, 6.45) is 1.92. The van der Waals surface area contributed by atoms with Gasteiger partial charge in [0.05, 0.1) is 23.9 Å². The number of rotatable bonds is 6. The van der Waals surface area contributed by atoms with Crippen molar-refractivity contribution in [3.8, 4) is 5.75 Å². The lowest BCUT2D eigenvalue weighted by Crippen LogP contribution is -2.41. The van der Waals surface area contributed by atoms with E-state index in [1.807, 2.05) is 12.1 Å². The lowest BCUT2D eigenvalue weighted by atomic mass is 10.1. The standard InChI is InChI=1S/C23H22N4O5S/c1-31-16-4-2-14-3-5-18(11-15(14)10-16)33(29,30)26-21-7-9-27(23(21)28)13-17-12-19-20(24)6-8-25-22(19)32-17/h2-6,8,10-12,21,26H,7,9,13H2,1H3,(H2,24,25)/t21-/m0/s1. The van der Waals surface area contributed by atoms with Gasteiger partial charge in [0.25, 0.3) is 0 Å². The second kappa shape index (κ2) is 8.05. The summed E-state index contributed by atoms with van der Waals surface area (Å²) >= 11 is 0. The van der Waals surface area contributed by atoms with Gasteiger partial charge < -0.3 is 19.8 Å². The zero-order chi connectivity index (χ0) is 23.2. The van der Waals surface area contributed by atoms with Crippen LogP contribution in [0.1, 0.15) is 12.2 Å². The molecule has 0 aliphatic carbocycles. The van der Waals surface area contributed by atoms with Crippen molar-refractivity contribution in [1.29, 1.82) is 0 Å². The minimum atomic E-state index is -3.90. The number of fused-ring (bicyclic) bond motifs is 2. The fourth-order valence-electron chi connectivity index (χ4n) is 4.03. The summed E-state index contributed by atoms with van der Waals surface area (Å²) < 4.78 is 39.5. The predicted molar refractivity (Wildman–Crippen MR) is 123 cm³/mol. The molecule has 0 radical (unpaired) electrons. The molecule has 1 amide bonds. The molecule has 170 valence electrons. The quantitative estimate of drug-likeness (QED) is 0.447. The third-order valence-corrected chi connectivity index (χ3v) is 7.26. The molecular formula is C23H22N4O5S. The SMILES string of the molecule is COc1ccc2ccc(S(=O)(=O)N[C@H]3CCN(Cc4cc5c(N)ccnc5o4)C3=O)cc2c1. The van der Waals surface area contributed by atoms with Crippen LogP contribution in [-0.4, -0.2) is 43.9 Å². The van der Waals surface area contributed by atoms with E-state index in [4.69, 9.17) is 14.9 Å². The van der Waals surface area contributed by atoms with Gasteiger partial charge in [-0.15, -0.1) is 0 Å². The highest BCUT2D eigenvalue weighted by Crippen LogP contribution is 2.26. The van der Waals surface area contributed by atoms with Gasteiger partial charge in [0.2, 0.25) is 21.6 Å². The van der Waals surface area contributed by atoms with Crippen molar-refractivity contribution < 1.29 is 22.4 Å². The first-order valence-electron chi connectivity index (χ1n) is 10.4. The predicted octanol–water partition coefficient (Wildman–Crippen LogP) is 2.65. The molecule has 0 saturated carbocycles. The number of nitrogens with zero attached hydrogens (tertiary/aromatic N) is 2. The second-order valence-corrected chi connectivity index (χ2v) is 9.64. The average molecular weight is 467 g/mol. The molecule has 33 heavy (non-hydrogen) atoms. The van der Waals surface area contributed by atoms with E-state index < -0.39 is 16.1 Å². The molecule has 1 saturated heterocycles. The highest BCUT2D eigenvalue weighted by atomic mass is 32.2. The van der Waals surface area contributed by atoms with E-state index in [0.717, 1.165) is 10.8 Å². The highest BCUT2D eigenvalue weighted by molar-refractivity contribution is 7.89. The lowest BCUT2D eigenvalue weighted by molar-refractivity contribution is -0.129. The van der Waals surface area contributed by atoms with Crippen LogP contribution in [0.3, 0.4) is 0 Å². The van der Waals surface area contributed by atoms with Crippen LogP contribution < -0.4 is 15.2 Å². The number of carbonyl (C=O) groups excluding carboxylic acids is 1. The minimum absolute atomic E-state index is 0.0911. The first kappa shape index (κ1) is 21.2. The molecule has 1 fully saturated rings. The Morgan fingerprint density at radius 2 is 2.00 bits per heavy atom. The molecule has 5 rings (SSSR count). The molecule has 0 spiro atoms. The molecule has 0 unspecified atom stereocenters. The Morgan fingerprint density at radius 1 is 1.18 bits per heavy atom. The molecule has 1 atom stereocenters. The van der Waals surface area contributed by atoms with Gasteiger partial charge in [0, 0.05) is 18.4 Å². The van der Waals surface area contributed by atoms with Crippen molar-refractivity contribution in [2.75, 3.05) is 19.4 Å². The summed E-state index contributed by atoms with van der Waals surface area (Å²) in [5.74, 6) is 0.868. The Balaban J connectivity index is 1.32. The number of anilines is 1. The van der Waals surface area contributed by atoms with Crippen molar-refractivity contribution in [2.45, 2.75) is 23.9 Å². The van der Waals surface area contributed by atoms with Crippen molar-refractivity contribution in [1.82, 2.24) is 14.6 Å². The molecule has 9 nitrogen and oxygen atoms in total. The van der Waals surface area contributed by atoms with Crippen LogP contribution in [0.15, 0.2) is 64.0 Å². The molecule has 10 heteroatoms. The van der Waals surface area contributed by atoms with Gasteiger partial charge in [0.15, 0.2) is 0 Å². The van der Waals surface area contributed by atoms with E-state index in [2.05, 4.69) is 9.71 Å². The number of aromatic nitrogens is 1. The smallest absolute Gasteiger partial charge is 0.241 e. The maximum atomic E-state index is 13.0. The third kappa shape index (κ3) is 3.98. The Kier molecular flexibility index (Phi) is 5.18. The van der Waals surface area contributed by atoms with Crippen LogP contribution in [0.2, 0.25) is 0 Å². The summed E-state index contributed by atoms with van der Waals surface area (Å²) in [4.78, 5) is 18.7. The summed E-state index contributed by atoms with van der Waals surface area (Å²) in [7, 11) is -2.35. The van der Waals surface area contributed by atoms with E-state index >= 15 is 0 Å². The number of amides is 1. The van der Waals surface area contributed by atoms with Crippen LogP contribution in [0, 0.1) is 0 Å². The Labute approximate surface area is 190 Å². The average Bonchev–Trinajstić information content (AvgIpc) is 3.37. The first-order chi connectivity index (χ1) is 15.8. The molecule has 1 aliphatic heterocycles. The largest absolute Gasteiger partial charge is 0.497 e. The number of pyridine rings is 1. The molecule has 3 N–H and O–H groups in total. The van der Waals surface area contributed by atoms with Gasteiger partial charge in [-0.1, -0.05) is 12.1 Å². The molecule has 1 aliphatic rings. The van der Waals surface area contributed by atoms with Crippen LogP contribution in [-0.2, 0) is 21.4 Å². The third-order valence-electron chi connectivity index (χ3n) is 5.79. The number of nitrogens with two attached hydrogens (primary N) is 1. The molecule has 2 aromatic heterocycles.